The highest BCUT2D eigenvalue weighted by molar-refractivity contribution is 6.05. The van der Waals surface area contributed by atoms with Gasteiger partial charge in [0, 0.05) is 87.5 Å². The first kappa shape index (κ1) is 41.8. The Morgan fingerprint density at radius 1 is 0.379 bits per heavy atom. The molecule has 66 heavy (non-hydrogen) atoms. The van der Waals surface area contributed by atoms with Gasteiger partial charge < -0.3 is 31.3 Å². The molecule has 0 aliphatic heterocycles. The first-order valence-electron chi connectivity index (χ1n) is 20.7. The van der Waals surface area contributed by atoms with Gasteiger partial charge in [-0.2, -0.15) is 0 Å². The van der Waals surface area contributed by atoms with E-state index in [1.807, 2.05) is 103 Å². The number of ether oxygens (including phenoxy) is 1. The van der Waals surface area contributed by atoms with Crippen molar-refractivity contribution in [3.05, 3.63) is 218 Å². The standard InChI is InChI=1S/C26H20N6O.C26H19N5O2/c33-26(32-25-10-9-21(17-29-25)30-20-11-14-27-15-12-20)18-5-7-19(8-6-18)31-24-13-16-28-23-4-2-1-3-22(23)24;32-26(31-25-10-9-21(17-29-25)33-20-11-14-27-15-12-20)18-5-7-19(8-6-18)30-24-13-16-28-23-4-2-1-3-22(23)24/h1-17H,(H,27,30)(H,28,31)(H,29,32,33);1-17H,(H,28,30)(H,29,31,32). The monoisotopic (exact) mass is 865 g/mol. The molecule has 0 bridgehead atoms. The molecule has 6 aromatic heterocycles. The molecule has 0 radical (unpaired) electrons. The van der Waals surface area contributed by atoms with Crippen molar-refractivity contribution < 1.29 is 14.3 Å². The highest BCUT2D eigenvalue weighted by atomic mass is 16.5. The summed E-state index contributed by atoms with van der Waals surface area (Å²) in [5, 5.41) is 17.7. The maximum absolute atomic E-state index is 12.6. The number of nitrogens with zero attached hydrogens (tertiary/aromatic N) is 6. The van der Waals surface area contributed by atoms with Crippen LogP contribution in [0, 0.1) is 0 Å². The SMILES string of the molecule is O=C(Nc1ccc(Nc2ccncc2)cn1)c1ccc(Nc2ccnc3ccccc23)cc1.O=C(Nc1ccc(Oc2ccncc2)cn1)c1ccc(Nc2ccnc3ccccc23)cc1. The molecule has 0 atom stereocenters. The number of benzene rings is 4. The lowest BCUT2D eigenvalue weighted by molar-refractivity contribution is 0.101. The van der Waals surface area contributed by atoms with Gasteiger partial charge in [0.25, 0.3) is 11.8 Å². The lowest BCUT2D eigenvalue weighted by Crippen LogP contribution is -2.12. The van der Waals surface area contributed by atoms with Gasteiger partial charge in [-0.1, -0.05) is 36.4 Å². The number of aromatic nitrogens is 6. The number of rotatable bonds is 12. The summed E-state index contributed by atoms with van der Waals surface area (Å²) >= 11 is 0. The summed E-state index contributed by atoms with van der Waals surface area (Å²) in [6.45, 7) is 0. The van der Waals surface area contributed by atoms with Crippen molar-refractivity contribution in [3.63, 3.8) is 0 Å². The van der Waals surface area contributed by atoms with Gasteiger partial charge in [0.2, 0.25) is 0 Å². The number of hydrogen-bond acceptors (Lipinski definition) is 12. The van der Waals surface area contributed by atoms with E-state index >= 15 is 0 Å². The first-order valence-corrected chi connectivity index (χ1v) is 20.7. The van der Waals surface area contributed by atoms with Crippen molar-refractivity contribution in [1.29, 1.82) is 0 Å². The van der Waals surface area contributed by atoms with Crippen molar-refractivity contribution in [2.45, 2.75) is 0 Å². The summed E-state index contributed by atoms with van der Waals surface area (Å²) in [6.07, 6.45) is 13.5. The molecule has 0 spiro atoms. The highest BCUT2D eigenvalue weighted by Gasteiger charge is 2.11. The van der Waals surface area contributed by atoms with Gasteiger partial charge in [-0.15, -0.1) is 0 Å². The summed E-state index contributed by atoms with van der Waals surface area (Å²) in [5.74, 6) is 1.68. The van der Waals surface area contributed by atoms with Crippen LogP contribution in [0.2, 0.25) is 0 Å². The number of nitrogens with one attached hydrogen (secondary N) is 5. The van der Waals surface area contributed by atoms with E-state index in [4.69, 9.17) is 4.74 Å². The Hall–Kier alpha value is -9.56. The van der Waals surface area contributed by atoms with Gasteiger partial charge >= 0.3 is 0 Å². The van der Waals surface area contributed by atoms with Gasteiger partial charge in [-0.25, -0.2) is 9.97 Å². The van der Waals surface area contributed by atoms with Crippen LogP contribution >= 0.6 is 0 Å². The fraction of sp³-hybridized carbons (Fsp3) is 0. The van der Waals surface area contributed by atoms with Crippen molar-refractivity contribution in [2.75, 3.05) is 26.6 Å². The Balaban J connectivity index is 0.000000166. The summed E-state index contributed by atoms with van der Waals surface area (Å²) in [5.41, 5.74) is 8.32. The van der Waals surface area contributed by atoms with Crippen LogP contribution in [0.4, 0.5) is 45.8 Å². The van der Waals surface area contributed by atoms with Crippen LogP contribution in [0.3, 0.4) is 0 Å². The molecule has 0 unspecified atom stereocenters. The topological polar surface area (TPSA) is 181 Å². The summed E-state index contributed by atoms with van der Waals surface area (Å²) in [4.78, 5) is 50.5. The van der Waals surface area contributed by atoms with Gasteiger partial charge in [-0.05, 0) is 121 Å². The third-order valence-electron chi connectivity index (χ3n) is 9.99. The van der Waals surface area contributed by atoms with Crippen molar-refractivity contribution >= 4 is 79.4 Å². The second kappa shape index (κ2) is 20.1. The zero-order valence-electron chi connectivity index (χ0n) is 35.0. The molecule has 10 aromatic rings. The zero-order chi connectivity index (χ0) is 44.9. The van der Waals surface area contributed by atoms with E-state index in [0.717, 1.165) is 55.9 Å². The minimum Gasteiger partial charge on any atom is -0.456 e. The molecule has 0 aliphatic carbocycles. The van der Waals surface area contributed by atoms with Gasteiger partial charge in [0.05, 0.1) is 29.1 Å². The van der Waals surface area contributed by atoms with Crippen molar-refractivity contribution in [1.82, 2.24) is 29.9 Å². The molecule has 0 saturated carbocycles. The number of fused-ring (bicyclic) bond motifs is 2. The minimum absolute atomic E-state index is 0.224. The third kappa shape index (κ3) is 10.7. The van der Waals surface area contributed by atoms with Crippen LogP contribution in [0.5, 0.6) is 11.5 Å². The van der Waals surface area contributed by atoms with Crippen molar-refractivity contribution in [2.24, 2.45) is 0 Å². The second-order valence-corrected chi connectivity index (χ2v) is 14.5. The number of carbonyl (C=O) groups excluding carboxylic acids is 2. The van der Waals surface area contributed by atoms with Gasteiger partial charge in [-0.3, -0.25) is 29.5 Å². The smallest absolute Gasteiger partial charge is 0.256 e. The van der Waals surface area contributed by atoms with E-state index < -0.39 is 0 Å². The van der Waals surface area contributed by atoms with E-state index in [9.17, 15) is 9.59 Å². The van der Waals surface area contributed by atoms with E-state index in [-0.39, 0.29) is 11.8 Å². The lowest BCUT2D eigenvalue weighted by atomic mass is 10.1. The van der Waals surface area contributed by atoms with Crippen LogP contribution in [-0.2, 0) is 0 Å². The second-order valence-electron chi connectivity index (χ2n) is 14.5. The minimum atomic E-state index is -0.244. The molecule has 6 heterocycles. The van der Waals surface area contributed by atoms with Crippen molar-refractivity contribution in [3.8, 4) is 11.5 Å². The predicted molar refractivity (Wildman–Crippen MR) is 259 cm³/mol. The van der Waals surface area contributed by atoms with E-state index in [1.54, 1.807) is 104 Å². The molecule has 0 fully saturated rings. The summed E-state index contributed by atoms with van der Waals surface area (Å²) < 4.78 is 5.69. The predicted octanol–water partition coefficient (Wildman–Crippen LogP) is 11.6. The number of amides is 2. The number of hydrogen-bond donors (Lipinski definition) is 5. The molecule has 14 heteroatoms. The number of para-hydroxylation sites is 2. The number of pyridine rings is 6. The quantitative estimate of drug-likeness (QED) is 0.0785. The maximum Gasteiger partial charge on any atom is 0.256 e. The highest BCUT2D eigenvalue weighted by Crippen LogP contribution is 2.27. The molecule has 4 aromatic carbocycles. The normalized spacial score (nSPS) is 10.5. The average Bonchev–Trinajstić information content (AvgIpc) is 3.37. The first-order chi connectivity index (χ1) is 32.5. The van der Waals surface area contributed by atoms with Gasteiger partial charge in [0.1, 0.15) is 23.1 Å². The Labute approximate surface area is 378 Å². The summed E-state index contributed by atoms with van der Waals surface area (Å²) in [6, 6.07) is 48.6. The Morgan fingerprint density at radius 3 is 1.35 bits per heavy atom. The molecule has 0 aliphatic rings. The van der Waals surface area contributed by atoms with Crippen LogP contribution in [0.1, 0.15) is 20.7 Å². The molecule has 0 saturated heterocycles. The molecule has 2 amide bonds. The average molecular weight is 866 g/mol. The number of anilines is 8. The van der Waals surface area contributed by atoms with Gasteiger partial charge in [0.15, 0.2) is 0 Å². The zero-order valence-corrected chi connectivity index (χ0v) is 35.0. The fourth-order valence-corrected chi connectivity index (χ4v) is 6.71. The van der Waals surface area contributed by atoms with Crippen LogP contribution < -0.4 is 31.3 Å². The van der Waals surface area contributed by atoms with E-state index in [0.29, 0.717) is 34.3 Å². The molecule has 5 N–H and O–H groups in total. The molecular weight excluding hydrogens is 827 g/mol. The molecule has 320 valence electrons. The van der Waals surface area contributed by atoms with E-state index in [2.05, 4.69) is 56.5 Å². The van der Waals surface area contributed by atoms with Crippen LogP contribution in [0.25, 0.3) is 21.8 Å². The maximum atomic E-state index is 12.6. The Kier molecular flexibility index (Phi) is 12.7. The largest absolute Gasteiger partial charge is 0.456 e. The lowest BCUT2D eigenvalue weighted by Gasteiger charge is -2.10. The third-order valence-corrected chi connectivity index (χ3v) is 9.99. The Bertz CT molecular complexity index is 2980. The molecule has 10 rings (SSSR count). The Morgan fingerprint density at radius 2 is 0.848 bits per heavy atom. The molecular formula is C52H39N11O3. The van der Waals surface area contributed by atoms with E-state index in [1.165, 1.54) is 0 Å². The number of carbonyl (C=O) groups is 2. The summed E-state index contributed by atoms with van der Waals surface area (Å²) in [7, 11) is 0. The van der Waals surface area contributed by atoms with Crippen LogP contribution in [0.15, 0.2) is 207 Å². The molecule has 14 nitrogen and oxygen atoms in total. The van der Waals surface area contributed by atoms with Crippen LogP contribution in [-0.4, -0.2) is 41.7 Å². The fourth-order valence-electron chi connectivity index (χ4n) is 6.71.